The average Bonchev–Trinajstić information content (AvgIpc) is 2.54. The van der Waals surface area contributed by atoms with Crippen molar-refractivity contribution in [3.8, 4) is 11.5 Å². The lowest BCUT2D eigenvalue weighted by Crippen LogP contribution is -2.04. The minimum absolute atomic E-state index is 0.347. The standard InChI is InChI=1S/C17H18Cl2N2O2/c1-21(2)20-10-13-5-4-6-16(22-3)17(13)23-11-12-7-8-14(18)15(19)9-12/h4-10H,11H2,1-3H3/b20-10+. The molecule has 0 fully saturated rings. The van der Waals surface area contributed by atoms with Crippen molar-refractivity contribution < 1.29 is 9.47 Å². The van der Waals surface area contributed by atoms with E-state index in [0.29, 0.717) is 28.2 Å². The van der Waals surface area contributed by atoms with Crippen LogP contribution in [-0.2, 0) is 6.61 Å². The van der Waals surface area contributed by atoms with Crippen molar-refractivity contribution in [3.63, 3.8) is 0 Å². The second-order valence-corrected chi connectivity index (χ2v) is 5.82. The van der Waals surface area contributed by atoms with E-state index in [9.17, 15) is 0 Å². The zero-order valence-corrected chi connectivity index (χ0v) is 14.7. The molecule has 0 atom stereocenters. The summed E-state index contributed by atoms with van der Waals surface area (Å²) >= 11 is 12.0. The third kappa shape index (κ3) is 4.78. The van der Waals surface area contributed by atoms with Crippen molar-refractivity contribution in [2.75, 3.05) is 21.2 Å². The molecular weight excluding hydrogens is 335 g/mol. The predicted molar refractivity (Wildman–Crippen MR) is 95.1 cm³/mol. The van der Waals surface area contributed by atoms with E-state index < -0.39 is 0 Å². The maximum atomic E-state index is 6.03. The molecule has 0 radical (unpaired) electrons. The van der Waals surface area contributed by atoms with Crippen LogP contribution in [0.2, 0.25) is 10.0 Å². The third-order valence-electron chi connectivity index (χ3n) is 3.02. The molecule has 0 aliphatic rings. The molecule has 0 aromatic heterocycles. The van der Waals surface area contributed by atoms with Crippen LogP contribution >= 0.6 is 23.2 Å². The van der Waals surface area contributed by atoms with E-state index in [1.165, 1.54) is 0 Å². The van der Waals surface area contributed by atoms with Crippen molar-refractivity contribution in [1.82, 2.24) is 5.01 Å². The molecule has 2 aromatic carbocycles. The Morgan fingerprint density at radius 2 is 1.91 bits per heavy atom. The lowest BCUT2D eigenvalue weighted by Gasteiger charge is -2.14. The van der Waals surface area contributed by atoms with E-state index in [0.717, 1.165) is 11.1 Å². The highest BCUT2D eigenvalue weighted by Crippen LogP contribution is 2.31. The Labute approximate surface area is 146 Å². The first kappa shape index (κ1) is 17.4. The molecule has 4 nitrogen and oxygen atoms in total. The van der Waals surface area contributed by atoms with E-state index in [1.54, 1.807) is 30.5 Å². The molecule has 0 unspecified atom stereocenters. The molecule has 0 saturated carbocycles. The molecule has 0 N–H and O–H groups in total. The zero-order valence-electron chi connectivity index (χ0n) is 13.2. The molecule has 23 heavy (non-hydrogen) atoms. The summed E-state index contributed by atoms with van der Waals surface area (Å²) in [5, 5.41) is 6.98. The zero-order chi connectivity index (χ0) is 16.8. The number of methoxy groups -OCH3 is 1. The number of hydrogen-bond donors (Lipinski definition) is 0. The normalized spacial score (nSPS) is 10.8. The van der Waals surface area contributed by atoms with Crippen molar-refractivity contribution in [1.29, 1.82) is 0 Å². The van der Waals surface area contributed by atoms with Crippen LogP contribution in [0.25, 0.3) is 0 Å². The molecular formula is C17H18Cl2N2O2. The van der Waals surface area contributed by atoms with Gasteiger partial charge in [0, 0.05) is 19.7 Å². The van der Waals surface area contributed by atoms with Crippen LogP contribution in [-0.4, -0.2) is 32.4 Å². The first-order valence-corrected chi connectivity index (χ1v) is 7.72. The van der Waals surface area contributed by atoms with Gasteiger partial charge in [0.25, 0.3) is 0 Å². The Hall–Kier alpha value is -1.91. The molecule has 6 heteroatoms. The van der Waals surface area contributed by atoms with Crippen LogP contribution in [0.15, 0.2) is 41.5 Å². The van der Waals surface area contributed by atoms with Crippen molar-refractivity contribution >= 4 is 29.4 Å². The maximum absolute atomic E-state index is 6.03. The highest BCUT2D eigenvalue weighted by molar-refractivity contribution is 6.42. The minimum Gasteiger partial charge on any atom is -0.493 e. The topological polar surface area (TPSA) is 34.1 Å². The SMILES string of the molecule is COc1cccc(/C=N/N(C)C)c1OCc1ccc(Cl)c(Cl)c1. The number of hydrogen-bond acceptors (Lipinski definition) is 4. The van der Waals surface area contributed by atoms with Gasteiger partial charge < -0.3 is 14.5 Å². The lowest BCUT2D eigenvalue weighted by molar-refractivity contribution is 0.284. The van der Waals surface area contributed by atoms with Crippen LogP contribution in [0.3, 0.4) is 0 Å². The van der Waals surface area contributed by atoms with E-state index >= 15 is 0 Å². The van der Waals surface area contributed by atoms with Crippen LogP contribution in [0.5, 0.6) is 11.5 Å². The smallest absolute Gasteiger partial charge is 0.170 e. The highest BCUT2D eigenvalue weighted by Gasteiger charge is 2.10. The van der Waals surface area contributed by atoms with Gasteiger partial charge in [-0.15, -0.1) is 0 Å². The maximum Gasteiger partial charge on any atom is 0.170 e. The van der Waals surface area contributed by atoms with Crippen molar-refractivity contribution in [2.24, 2.45) is 5.10 Å². The summed E-state index contributed by atoms with van der Waals surface area (Å²) in [6, 6.07) is 11.1. The van der Waals surface area contributed by atoms with Crippen molar-refractivity contribution in [2.45, 2.75) is 6.61 Å². The summed E-state index contributed by atoms with van der Waals surface area (Å²) < 4.78 is 11.3. The number of benzene rings is 2. The number of halogens is 2. The number of para-hydroxylation sites is 1. The van der Waals surface area contributed by atoms with E-state index in [-0.39, 0.29) is 0 Å². The fourth-order valence-corrected chi connectivity index (χ4v) is 2.23. The molecule has 0 spiro atoms. The molecule has 0 amide bonds. The summed E-state index contributed by atoms with van der Waals surface area (Å²) in [4.78, 5) is 0. The quantitative estimate of drug-likeness (QED) is 0.567. The molecule has 0 aliphatic heterocycles. The molecule has 0 aliphatic carbocycles. The fourth-order valence-electron chi connectivity index (χ4n) is 1.91. The average molecular weight is 353 g/mol. The van der Waals surface area contributed by atoms with Gasteiger partial charge in [-0.05, 0) is 29.8 Å². The van der Waals surface area contributed by atoms with Gasteiger partial charge in [0.05, 0.1) is 23.4 Å². The fraction of sp³-hybridized carbons (Fsp3) is 0.235. The van der Waals surface area contributed by atoms with Crippen LogP contribution in [0.1, 0.15) is 11.1 Å². The van der Waals surface area contributed by atoms with Gasteiger partial charge in [-0.2, -0.15) is 5.10 Å². The van der Waals surface area contributed by atoms with E-state index in [1.807, 2.05) is 38.4 Å². The monoisotopic (exact) mass is 352 g/mol. The Balaban J connectivity index is 2.24. The Bertz CT molecular complexity index is 703. The van der Waals surface area contributed by atoms with Crippen LogP contribution in [0, 0.1) is 0 Å². The van der Waals surface area contributed by atoms with Crippen molar-refractivity contribution in [3.05, 3.63) is 57.6 Å². The predicted octanol–water partition coefficient (Wildman–Crippen LogP) is 4.48. The molecule has 0 saturated heterocycles. The first-order chi connectivity index (χ1) is 11.0. The summed E-state index contributed by atoms with van der Waals surface area (Å²) in [5.41, 5.74) is 1.75. The van der Waals surface area contributed by atoms with Gasteiger partial charge in [0.2, 0.25) is 0 Å². The lowest BCUT2D eigenvalue weighted by atomic mass is 10.2. The summed E-state index contributed by atoms with van der Waals surface area (Å²) in [6.07, 6.45) is 1.73. The Morgan fingerprint density at radius 1 is 1.13 bits per heavy atom. The highest BCUT2D eigenvalue weighted by atomic mass is 35.5. The second kappa shape index (κ2) is 8.09. The van der Waals surface area contributed by atoms with Crippen LogP contribution < -0.4 is 9.47 Å². The Morgan fingerprint density at radius 3 is 2.57 bits per heavy atom. The van der Waals surface area contributed by atoms with Gasteiger partial charge in [-0.25, -0.2) is 0 Å². The van der Waals surface area contributed by atoms with Gasteiger partial charge in [0.1, 0.15) is 6.61 Å². The number of rotatable bonds is 6. The van der Waals surface area contributed by atoms with Crippen LogP contribution in [0.4, 0.5) is 0 Å². The van der Waals surface area contributed by atoms with Gasteiger partial charge in [0.15, 0.2) is 11.5 Å². The van der Waals surface area contributed by atoms with Gasteiger partial charge in [-0.3, -0.25) is 0 Å². The molecule has 2 aromatic rings. The van der Waals surface area contributed by atoms with Gasteiger partial charge in [-0.1, -0.05) is 35.3 Å². The third-order valence-corrected chi connectivity index (χ3v) is 3.76. The summed E-state index contributed by atoms with van der Waals surface area (Å²) in [7, 11) is 5.31. The molecule has 0 bridgehead atoms. The number of nitrogens with zero attached hydrogens (tertiary/aromatic N) is 2. The van der Waals surface area contributed by atoms with E-state index in [4.69, 9.17) is 32.7 Å². The molecule has 122 valence electrons. The molecule has 0 heterocycles. The first-order valence-electron chi connectivity index (χ1n) is 6.96. The number of ether oxygens (including phenoxy) is 2. The molecule has 2 rings (SSSR count). The summed E-state index contributed by atoms with van der Waals surface area (Å²) in [5.74, 6) is 1.28. The Kier molecular flexibility index (Phi) is 6.13. The summed E-state index contributed by atoms with van der Waals surface area (Å²) in [6.45, 7) is 0.347. The largest absolute Gasteiger partial charge is 0.493 e. The minimum atomic E-state index is 0.347. The van der Waals surface area contributed by atoms with E-state index in [2.05, 4.69) is 5.10 Å². The number of hydrazone groups is 1. The second-order valence-electron chi connectivity index (χ2n) is 5.01. The van der Waals surface area contributed by atoms with Gasteiger partial charge >= 0.3 is 0 Å².